The van der Waals surface area contributed by atoms with Crippen LogP contribution in [0, 0.1) is 23.2 Å². The largest absolute Gasteiger partial charge is 0.481 e. The molecule has 128 valence electrons. The minimum absolute atomic E-state index is 0.241. The summed E-state index contributed by atoms with van der Waals surface area (Å²) in [5.74, 6) is -2.24. The number of aryl methyl sites for hydroxylation is 1. The molecule has 0 radical (unpaired) electrons. The summed E-state index contributed by atoms with van der Waals surface area (Å²) in [7, 11) is 0. The highest BCUT2D eigenvalue weighted by Crippen LogP contribution is 2.38. The molecule has 1 saturated carbocycles. The molecule has 1 amide bonds. The number of hydrogen-bond acceptors (Lipinski definition) is 4. The zero-order valence-corrected chi connectivity index (χ0v) is 14.5. The monoisotopic (exact) mass is 346 g/mol. The van der Waals surface area contributed by atoms with Crippen LogP contribution in [0.4, 0.5) is 5.00 Å². The van der Waals surface area contributed by atoms with Crippen molar-refractivity contribution in [2.75, 3.05) is 5.32 Å². The van der Waals surface area contributed by atoms with Crippen molar-refractivity contribution in [1.29, 1.82) is 5.26 Å². The van der Waals surface area contributed by atoms with E-state index in [4.69, 9.17) is 0 Å². The average Bonchev–Trinajstić information content (AvgIpc) is 2.74. The molecule has 6 heteroatoms. The second kappa shape index (κ2) is 7.35. The van der Waals surface area contributed by atoms with Crippen molar-refractivity contribution in [2.45, 2.75) is 57.8 Å². The van der Waals surface area contributed by atoms with Gasteiger partial charge in [0.05, 0.1) is 17.4 Å². The number of nitrogens with one attached hydrogen (secondary N) is 1. The number of amides is 1. The van der Waals surface area contributed by atoms with Crippen molar-refractivity contribution >= 4 is 28.2 Å². The quantitative estimate of drug-likeness (QED) is 0.816. The van der Waals surface area contributed by atoms with Gasteiger partial charge in [-0.2, -0.15) is 5.26 Å². The van der Waals surface area contributed by atoms with Crippen molar-refractivity contribution in [2.24, 2.45) is 11.8 Å². The van der Waals surface area contributed by atoms with E-state index in [-0.39, 0.29) is 5.91 Å². The fourth-order valence-electron chi connectivity index (χ4n) is 3.89. The van der Waals surface area contributed by atoms with Crippen LogP contribution >= 0.6 is 11.3 Å². The van der Waals surface area contributed by atoms with Gasteiger partial charge in [0.2, 0.25) is 5.91 Å². The Bertz CT molecular complexity index is 689. The van der Waals surface area contributed by atoms with Crippen LogP contribution < -0.4 is 5.32 Å². The van der Waals surface area contributed by atoms with Crippen molar-refractivity contribution < 1.29 is 14.7 Å². The molecule has 1 heterocycles. The van der Waals surface area contributed by atoms with E-state index >= 15 is 0 Å². The lowest BCUT2D eigenvalue weighted by molar-refractivity contribution is -0.147. The van der Waals surface area contributed by atoms with Crippen LogP contribution in [0.2, 0.25) is 0 Å². The predicted octanol–water partition coefficient (Wildman–Crippen LogP) is 3.72. The number of thiophene rings is 1. The lowest BCUT2D eigenvalue weighted by atomic mass is 9.79. The third-order valence-corrected chi connectivity index (χ3v) is 6.40. The summed E-state index contributed by atoms with van der Waals surface area (Å²) >= 11 is 1.50. The molecule has 0 aliphatic heterocycles. The van der Waals surface area contributed by atoms with E-state index in [9.17, 15) is 20.0 Å². The van der Waals surface area contributed by atoms with Gasteiger partial charge >= 0.3 is 5.97 Å². The van der Waals surface area contributed by atoms with Crippen molar-refractivity contribution in [1.82, 2.24) is 0 Å². The van der Waals surface area contributed by atoms with Gasteiger partial charge in [0, 0.05) is 4.88 Å². The molecule has 3 rings (SSSR count). The van der Waals surface area contributed by atoms with Crippen LogP contribution in [-0.2, 0) is 22.4 Å². The van der Waals surface area contributed by atoms with Gasteiger partial charge in [-0.1, -0.05) is 19.3 Å². The number of carboxylic acids is 1. The molecule has 2 aliphatic carbocycles. The fraction of sp³-hybridized carbons (Fsp3) is 0.611. The number of rotatable bonds is 3. The molecule has 0 bridgehead atoms. The zero-order valence-electron chi connectivity index (χ0n) is 13.6. The van der Waals surface area contributed by atoms with Gasteiger partial charge in [-0.25, -0.2) is 0 Å². The first kappa shape index (κ1) is 17.0. The first-order valence-electron chi connectivity index (χ1n) is 8.70. The number of carboxylic acid groups (broad SMARTS) is 1. The summed E-state index contributed by atoms with van der Waals surface area (Å²) in [6.07, 6.45) is 8.14. The number of fused-ring (bicyclic) bond motifs is 1. The normalized spacial score (nSPS) is 23.6. The highest BCUT2D eigenvalue weighted by atomic mass is 32.1. The molecular formula is C18H22N2O3S. The zero-order chi connectivity index (χ0) is 17.1. The first-order valence-corrected chi connectivity index (χ1v) is 9.51. The maximum Gasteiger partial charge on any atom is 0.307 e. The van der Waals surface area contributed by atoms with E-state index in [1.807, 2.05) is 0 Å². The molecule has 2 aliphatic rings. The van der Waals surface area contributed by atoms with E-state index < -0.39 is 17.8 Å². The van der Waals surface area contributed by atoms with Crippen molar-refractivity contribution in [3.05, 3.63) is 16.0 Å². The topological polar surface area (TPSA) is 90.2 Å². The molecule has 24 heavy (non-hydrogen) atoms. The maximum atomic E-state index is 12.7. The summed E-state index contributed by atoms with van der Waals surface area (Å²) in [5, 5.41) is 22.4. The number of hydrogen-bond donors (Lipinski definition) is 2. The van der Waals surface area contributed by atoms with E-state index in [1.165, 1.54) is 22.6 Å². The highest BCUT2D eigenvalue weighted by molar-refractivity contribution is 7.16. The van der Waals surface area contributed by atoms with E-state index in [0.29, 0.717) is 23.4 Å². The van der Waals surface area contributed by atoms with Crippen LogP contribution in [0.15, 0.2) is 0 Å². The smallest absolute Gasteiger partial charge is 0.307 e. The fourth-order valence-corrected chi connectivity index (χ4v) is 5.14. The standard InChI is InChI=1S/C18H22N2O3S/c19-10-14-11-6-2-1-3-9-15(11)24-17(14)20-16(21)12-7-4-5-8-13(12)18(22)23/h12-13H,1-9H2,(H,20,21)(H,22,23)/t12-,13-/m1/s1. The Kier molecular flexibility index (Phi) is 5.20. The predicted molar refractivity (Wildman–Crippen MR) is 92.0 cm³/mol. The molecule has 0 saturated heterocycles. The molecule has 2 atom stereocenters. The van der Waals surface area contributed by atoms with Crippen LogP contribution in [-0.4, -0.2) is 17.0 Å². The summed E-state index contributed by atoms with van der Waals surface area (Å²) in [4.78, 5) is 25.3. The summed E-state index contributed by atoms with van der Waals surface area (Å²) < 4.78 is 0. The third kappa shape index (κ3) is 3.32. The molecule has 0 unspecified atom stereocenters. The van der Waals surface area contributed by atoms with Crippen LogP contribution in [0.5, 0.6) is 0 Å². The van der Waals surface area contributed by atoms with Crippen molar-refractivity contribution in [3.63, 3.8) is 0 Å². The maximum absolute atomic E-state index is 12.7. The van der Waals surface area contributed by atoms with Gasteiger partial charge in [0.1, 0.15) is 11.1 Å². The molecule has 2 N–H and O–H groups in total. The average molecular weight is 346 g/mol. The van der Waals surface area contributed by atoms with Crippen LogP contribution in [0.3, 0.4) is 0 Å². The molecule has 1 aromatic heterocycles. The van der Waals surface area contributed by atoms with Gasteiger partial charge in [-0.3, -0.25) is 9.59 Å². The Morgan fingerprint density at radius 2 is 1.79 bits per heavy atom. The first-order chi connectivity index (χ1) is 11.6. The minimum atomic E-state index is -0.891. The Morgan fingerprint density at radius 3 is 2.50 bits per heavy atom. The molecule has 5 nitrogen and oxygen atoms in total. The van der Waals surface area contributed by atoms with Gasteiger partial charge in [-0.05, 0) is 44.1 Å². The highest BCUT2D eigenvalue weighted by Gasteiger charge is 2.36. The second-order valence-electron chi connectivity index (χ2n) is 6.71. The summed E-state index contributed by atoms with van der Waals surface area (Å²) in [5.41, 5.74) is 1.68. The minimum Gasteiger partial charge on any atom is -0.481 e. The number of nitriles is 1. The summed E-state index contributed by atoms with van der Waals surface area (Å²) in [6.45, 7) is 0. The SMILES string of the molecule is N#Cc1c(NC(=O)[C@@H]2CCCC[C@H]2C(=O)O)sc2c1CCCCC2. The Morgan fingerprint density at radius 1 is 1.08 bits per heavy atom. The molecule has 1 aromatic rings. The van der Waals surface area contributed by atoms with Crippen LogP contribution in [0.1, 0.15) is 60.9 Å². The molecule has 1 fully saturated rings. The lowest BCUT2D eigenvalue weighted by Crippen LogP contribution is -2.36. The Balaban J connectivity index is 1.81. The van der Waals surface area contributed by atoms with Gasteiger partial charge in [-0.15, -0.1) is 11.3 Å². The molecular weight excluding hydrogens is 324 g/mol. The third-order valence-electron chi connectivity index (χ3n) is 5.19. The Hall–Kier alpha value is -1.87. The number of carbonyl (C=O) groups excluding carboxylic acids is 1. The van der Waals surface area contributed by atoms with E-state index in [1.54, 1.807) is 0 Å². The molecule has 0 spiro atoms. The Labute approximate surface area is 145 Å². The number of carbonyl (C=O) groups is 2. The number of nitrogens with zero attached hydrogens (tertiary/aromatic N) is 1. The van der Waals surface area contributed by atoms with Crippen molar-refractivity contribution in [3.8, 4) is 6.07 Å². The van der Waals surface area contributed by atoms with E-state index in [0.717, 1.165) is 44.1 Å². The van der Waals surface area contributed by atoms with Gasteiger partial charge in [0.25, 0.3) is 0 Å². The summed E-state index contributed by atoms with van der Waals surface area (Å²) in [6, 6.07) is 2.25. The number of aliphatic carboxylic acids is 1. The molecule has 0 aromatic carbocycles. The lowest BCUT2D eigenvalue weighted by Gasteiger charge is -2.27. The second-order valence-corrected chi connectivity index (χ2v) is 7.81. The number of anilines is 1. The van der Waals surface area contributed by atoms with Crippen LogP contribution in [0.25, 0.3) is 0 Å². The van der Waals surface area contributed by atoms with Gasteiger partial charge < -0.3 is 10.4 Å². The van der Waals surface area contributed by atoms with Gasteiger partial charge in [0.15, 0.2) is 0 Å². The van der Waals surface area contributed by atoms with E-state index in [2.05, 4.69) is 11.4 Å².